The molecule has 15 heavy (non-hydrogen) atoms. The topological polar surface area (TPSA) is 24.9 Å². The molecular weight excluding hydrogens is 208 g/mol. The molecule has 0 radical (unpaired) electrons. The molecule has 1 aromatic rings. The fourth-order valence-electron chi connectivity index (χ4n) is 2.56. The van der Waals surface area contributed by atoms with Crippen LogP contribution < -0.4 is 5.32 Å². The summed E-state index contributed by atoms with van der Waals surface area (Å²) in [5, 5.41) is 3.44. The summed E-state index contributed by atoms with van der Waals surface area (Å²) in [7, 11) is 0. The molecule has 1 aromatic heterocycles. The van der Waals surface area contributed by atoms with Crippen LogP contribution in [-0.2, 0) is 0 Å². The lowest BCUT2D eigenvalue weighted by atomic mass is 9.99. The van der Waals surface area contributed by atoms with E-state index in [0.29, 0.717) is 0 Å². The zero-order valence-corrected chi connectivity index (χ0v) is 9.33. The first-order chi connectivity index (χ1) is 6.93. The van der Waals surface area contributed by atoms with Crippen molar-refractivity contribution < 1.29 is 0 Å². The molecule has 0 amide bonds. The summed E-state index contributed by atoms with van der Waals surface area (Å²) in [6.45, 7) is 2.36. The van der Waals surface area contributed by atoms with Gasteiger partial charge in [-0.1, -0.05) is 6.08 Å². The Hall–Kier alpha value is -0.860. The van der Waals surface area contributed by atoms with E-state index in [4.69, 9.17) is 0 Å². The van der Waals surface area contributed by atoms with Crippen molar-refractivity contribution in [3.05, 3.63) is 36.2 Å². The quantitative estimate of drug-likeness (QED) is 0.788. The van der Waals surface area contributed by atoms with Crippen molar-refractivity contribution >= 4 is 18.0 Å². The van der Waals surface area contributed by atoms with Crippen molar-refractivity contribution in [2.45, 2.75) is 6.42 Å². The average molecular weight is 223 g/mol. The van der Waals surface area contributed by atoms with Gasteiger partial charge in [-0.05, 0) is 48.1 Å². The van der Waals surface area contributed by atoms with Crippen LogP contribution in [0.5, 0.6) is 0 Å². The van der Waals surface area contributed by atoms with Gasteiger partial charge in [0.2, 0.25) is 0 Å². The van der Waals surface area contributed by atoms with E-state index in [0.717, 1.165) is 11.8 Å². The third-order valence-corrected chi connectivity index (χ3v) is 3.34. The second-order valence-corrected chi connectivity index (χ2v) is 4.21. The van der Waals surface area contributed by atoms with Crippen LogP contribution in [0.25, 0.3) is 5.57 Å². The van der Waals surface area contributed by atoms with E-state index >= 15 is 0 Å². The lowest BCUT2D eigenvalue weighted by Crippen LogP contribution is -2.09. The van der Waals surface area contributed by atoms with Gasteiger partial charge in [0.1, 0.15) is 0 Å². The molecule has 0 bridgehead atoms. The van der Waals surface area contributed by atoms with Gasteiger partial charge in [-0.25, -0.2) is 0 Å². The van der Waals surface area contributed by atoms with E-state index in [1.165, 1.54) is 30.6 Å². The number of nitrogens with one attached hydrogen (secondary N) is 1. The Bertz CT molecular complexity index is 361. The van der Waals surface area contributed by atoms with E-state index < -0.39 is 0 Å². The monoisotopic (exact) mass is 222 g/mol. The third-order valence-electron chi connectivity index (χ3n) is 3.34. The summed E-state index contributed by atoms with van der Waals surface area (Å²) >= 11 is 0. The van der Waals surface area contributed by atoms with Crippen molar-refractivity contribution in [1.82, 2.24) is 10.3 Å². The Morgan fingerprint density at radius 3 is 2.73 bits per heavy atom. The normalized spacial score (nSPS) is 28.1. The van der Waals surface area contributed by atoms with Gasteiger partial charge >= 0.3 is 0 Å². The summed E-state index contributed by atoms with van der Waals surface area (Å²) in [5.74, 6) is 1.62. The highest BCUT2D eigenvalue weighted by Gasteiger charge is 2.31. The number of allylic oxidation sites excluding steroid dienone is 1. The van der Waals surface area contributed by atoms with Crippen LogP contribution >= 0.6 is 12.4 Å². The number of nitrogens with zero attached hydrogens (tertiary/aromatic N) is 1. The van der Waals surface area contributed by atoms with Crippen LogP contribution in [0.1, 0.15) is 12.0 Å². The van der Waals surface area contributed by atoms with Crippen molar-refractivity contribution in [1.29, 1.82) is 0 Å². The van der Waals surface area contributed by atoms with Gasteiger partial charge in [-0.15, -0.1) is 12.4 Å². The Balaban J connectivity index is 0.000000853. The zero-order chi connectivity index (χ0) is 9.38. The number of hydrogen-bond donors (Lipinski definition) is 1. The maximum absolute atomic E-state index is 4.05. The smallest absolute Gasteiger partial charge is 0.0273 e. The largest absolute Gasteiger partial charge is 0.316 e. The summed E-state index contributed by atoms with van der Waals surface area (Å²) in [5.41, 5.74) is 2.87. The highest BCUT2D eigenvalue weighted by Crippen LogP contribution is 2.37. The Labute approximate surface area is 96.2 Å². The minimum Gasteiger partial charge on any atom is -0.316 e. The summed E-state index contributed by atoms with van der Waals surface area (Å²) in [4.78, 5) is 4.05. The molecule has 1 fully saturated rings. The third kappa shape index (κ3) is 1.92. The zero-order valence-electron chi connectivity index (χ0n) is 8.52. The van der Waals surface area contributed by atoms with E-state index in [2.05, 4.69) is 28.5 Å². The molecule has 1 aliphatic heterocycles. The number of rotatable bonds is 1. The molecule has 80 valence electrons. The fraction of sp³-hybridized carbons (Fsp3) is 0.417. The van der Waals surface area contributed by atoms with Gasteiger partial charge in [-0.2, -0.15) is 0 Å². The van der Waals surface area contributed by atoms with Crippen molar-refractivity contribution in [3.63, 3.8) is 0 Å². The summed E-state index contributed by atoms with van der Waals surface area (Å²) in [6, 6.07) is 4.22. The molecule has 2 nitrogen and oxygen atoms in total. The first-order valence-electron chi connectivity index (χ1n) is 5.25. The molecule has 1 aliphatic carbocycles. The molecule has 2 atom stereocenters. The molecule has 0 spiro atoms. The molecule has 0 saturated carbocycles. The summed E-state index contributed by atoms with van der Waals surface area (Å²) in [6.07, 6.45) is 7.44. The van der Waals surface area contributed by atoms with Gasteiger partial charge < -0.3 is 5.32 Å². The highest BCUT2D eigenvalue weighted by atomic mass is 35.5. The average Bonchev–Trinajstić information content (AvgIpc) is 2.78. The minimum atomic E-state index is 0. The molecule has 1 saturated heterocycles. The van der Waals surface area contributed by atoms with Crippen LogP contribution in [0.2, 0.25) is 0 Å². The van der Waals surface area contributed by atoms with Crippen molar-refractivity contribution in [3.8, 4) is 0 Å². The Morgan fingerprint density at radius 1 is 1.20 bits per heavy atom. The Kier molecular flexibility index (Phi) is 3.08. The predicted octanol–water partition coefficient (Wildman–Crippen LogP) is 2.13. The van der Waals surface area contributed by atoms with Crippen LogP contribution in [0.4, 0.5) is 0 Å². The number of halogens is 1. The van der Waals surface area contributed by atoms with Crippen molar-refractivity contribution in [2.24, 2.45) is 11.8 Å². The first-order valence-corrected chi connectivity index (χ1v) is 5.25. The molecular formula is C12H15ClN2. The molecule has 0 aromatic carbocycles. The second-order valence-electron chi connectivity index (χ2n) is 4.21. The predicted molar refractivity (Wildman–Crippen MR) is 63.9 cm³/mol. The Morgan fingerprint density at radius 2 is 2.00 bits per heavy atom. The number of aromatic nitrogens is 1. The van der Waals surface area contributed by atoms with Gasteiger partial charge in [0.25, 0.3) is 0 Å². The van der Waals surface area contributed by atoms with E-state index in [9.17, 15) is 0 Å². The maximum atomic E-state index is 4.05. The van der Waals surface area contributed by atoms with E-state index in [1.807, 2.05) is 12.4 Å². The number of hydrogen-bond acceptors (Lipinski definition) is 2. The van der Waals surface area contributed by atoms with Crippen LogP contribution in [0, 0.1) is 11.8 Å². The summed E-state index contributed by atoms with van der Waals surface area (Å²) < 4.78 is 0. The SMILES string of the molecule is C1=C(c2ccncc2)CC2CNCC12.Cl. The second kappa shape index (κ2) is 4.33. The lowest BCUT2D eigenvalue weighted by Gasteiger charge is -2.05. The molecule has 1 N–H and O–H groups in total. The van der Waals surface area contributed by atoms with Gasteiger partial charge in [0.15, 0.2) is 0 Å². The fourth-order valence-corrected chi connectivity index (χ4v) is 2.56. The van der Waals surface area contributed by atoms with E-state index in [1.54, 1.807) is 0 Å². The minimum absolute atomic E-state index is 0. The standard InChI is InChI=1S/C12H14N2.ClH/c1-3-13-4-2-9(1)10-5-11-7-14-8-12(11)6-10;/h1-5,11-12,14H,6-8H2;1H. The number of pyridine rings is 1. The maximum Gasteiger partial charge on any atom is 0.0273 e. The molecule has 2 heterocycles. The lowest BCUT2D eigenvalue weighted by molar-refractivity contribution is 0.536. The first kappa shape index (κ1) is 10.7. The van der Waals surface area contributed by atoms with Gasteiger partial charge in [-0.3, -0.25) is 4.98 Å². The van der Waals surface area contributed by atoms with Gasteiger partial charge in [0.05, 0.1) is 0 Å². The highest BCUT2D eigenvalue weighted by molar-refractivity contribution is 5.85. The molecule has 3 rings (SSSR count). The number of fused-ring (bicyclic) bond motifs is 1. The van der Waals surface area contributed by atoms with E-state index in [-0.39, 0.29) is 12.4 Å². The molecule has 2 aliphatic rings. The van der Waals surface area contributed by atoms with Gasteiger partial charge in [0, 0.05) is 18.9 Å². The van der Waals surface area contributed by atoms with Crippen molar-refractivity contribution in [2.75, 3.05) is 13.1 Å². The van der Waals surface area contributed by atoms with Crippen LogP contribution in [0.15, 0.2) is 30.6 Å². The van der Waals surface area contributed by atoms with Crippen LogP contribution in [0.3, 0.4) is 0 Å². The molecule has 2 unspecified atom stereocenters. The molecule has 3 heteroatoms. The van der Waals surface area contributed by atoms with Crippen LogP contribution in [-0.4, -0.2) is 18.1 Å².